The summed E-state index contributed by atoms with van der Waals surface area (Å²) in [5.41, 5.74) is 7.05. The fourth-order valence-electron chi connectivity index (χ4n) is 2.93. The summed E-state index contributed by atoms with van der Waals surface area (Å²) in [4.78, 5) is 13.0. The number of piperidine rings is 1. The highest BCUT2D eigenvalue weighted by molar-refractivity contribution is 5.67. The van der Waals surface area contributed by atoms with Crippen LogP contribution in [0.25, 0.3) is 0 Å². The van der Waals surface area contributed by atoms with Gasteiger partial charge >= 0.3 is 5.97 Å². The molecule has 3 rings (SSSR count). The third-order valence-corrected chi connectivity index (χ3v) is 3.75. The summed E-state index contributed by atoms with van der Waals surface area (Å²) in [5, 5.41) is 8.94. The van der Waals surface area contributed by atoms with Crippen molar-refractivity contribution >= 4 is 11.7 Å². The van der Waals surface area contributed by atoms with Crippen LogP contribution in [0.4, 0.5) is 5.69 Å². The lowest BCUT2D eigenvalue weighted by Crippen LogP contribution is -2.47. The number of hydrogen-bond donors (Lipinski definition) is 2. The molecular weight excluding hydrogens is 260 g/mol. The number of ether oxygens (including phenoxy) is 2. The van der Waals surface area contributed by atoms with E-state index >= 15 is 0 Å². The Balaban J connectivity index is 1.76. The number of benzene rings is 1. The molecule has 0 bridgehead atoms. The molecule has 0 aliphatic carbocycles. The Labute approximate surface area is 117 Å². The zero-order valence-electron chi connectivity index (χ0n) is 11.1. The molecule has 0 aromatic heterocycles. The maximum Gasteiger partial charge on any atom is 0.303 e. The van der Waals surface area contributed by atoms with Gasteiger partial charge in [-0.2, -0.15) is 0 Å². The first kappa shape index (κ1) is 13.1. The van der Waals surface area contributed by atoms with E-state index in [1.807, 2.05) is 18.2 Å². The highest BCUT2D eigenvalue weighted by atomic mass is 16.7. The van der Waals surface area contributed by atoms with E-state index in [1.165, 1.54) is 0 Å². The number of hydrogen-bond acceptors (Lipinski definition) is 5. The van der Waals surface area contributed by atoms with Gasteiger partial charge in [-0.25, -0.2) is 0 Å². The second-order valence-electron chi connectivity index (χ2n) is 5.40. The van der Waals surface area contributed by atoms with Gasteiger partial charge in [-0.15, -0.1) is 0 Å². The van der Waals surface area contributed by atoms with Crippen LogP contribution in [0, 0.1) is 5.92 Å². The molecule has 6 heteroatoms. The monoisotopic (exact) mass is 278 g/mol. The van der Waals surface area contributed by atoms with Gasteiger partial charge in [-0.1, -0.05) is 0 Å². The van der Waals surface area contributed by atoms with Gasteiger partial charge in [0, 0.05) is 37.3 Å². The summed E-state index contributed by atoms with van der Waals surface area (Å²) in [7, 11) is 0. The summed E-state index contributed by atoms with van der Waals surface area (Å²) >= 11 is 0. The first-order valence-corrected chi connectivity index (χ1v) is 6.74. The van der Waals surface area contributed by atoms with Crippen molar-refractivity contribution in [3.05, 3.63) is 18.2 Å². The quantitative estimate of drug-likeness (QED) is 0.859. The lowest BCUT2D eigenvalue weighted by Gasteiger charge is -2.37. The SMILES string of the molecule is NC1CC(CC(=O)O)CN(c2ccc3c(c2)OCO3)C1. The van der Waals surface area contributed by atoms with E-state index in [0.717, 1.165) is 30.2 Å². The molecule has 1 aromatic carbocycles. The van der Waals surface area contributed by atoms with Gasteiger partial charge in [0.2, 0.25) is 6.79 Å². The van der Waals surface area contributed by atoms with E-state index in [0.29, 0.717) is 6.54 Å². The van der Waals surface area contributed by atoms with E-state index < -0.39 is 5.97 Å². The van der Waals surface area contributed by atoms with Crippen LogP contribution in [0.2, 0.25) is 0 Å². The Morgan fingerprint density at radius 1 is 1.35 bits per heavy atom. The number of carboxylic acids is 1. The van der Waals surface area contributed by atoms with Crippen LogP contribution in [-0.2, 0) is 4.79 Å². The second-order valence-corrected chi connectivity index (χ2v) is 5.40. The highest BCUT2D eigenvalue weighted by Crippen LogP contribution is 2.36. The van der Waals surface area contributed by atoms with Crippen molar-refractivity contribution in [2.75, 3.05) is 24.8 Å². The molecular formula is C14H18N2O4. The van der Waals surface area contributed by atoms with Crippen molar-refractivity contribution in [3.8, 4) is 11.5 Å². The minimum Gasteiger partial charge on any atom is -0.481 e. The van der Waals surface area contributed by atoms with Crippen LogP contribution >= 0.6 is 0 Å². The first-order valence-electron chi connectivity index (χ1n) is 6.74. The van der Waals surface area contributed by atoms with Crippen LogP contribution in [0.5, 0.6) is 11.5 Å². The predicted molar refractivity (Wildman–Crippen MR) is 73.1 cm³/mol. The third kappa shape index (κ3) is 2.65. The predicted octanol–water partition coefficient (Wildman–Crippen LogP) is 1.04. The van der Waals surface area contributed by atoms with E-state index in [1.54, 1.807) is 0 Å². The fraction of sp³-hybridized carbons (Fsp3) is 0.500. The number of carboxylic acid groups (broad SMARTS) is 1. The van der Waals surface area contributed by atoms with E-state index in [4.69, 9.17) is 20.3 Å². The molecule has 0 amide bonds. The van der Waals surface area contributed by atoms with Crippen molar-refractivity contribution in [3.63, 3.8) is 0 Å². The Kier molecular flexibility index (Phi) is 3.40. The number of nitrogens with two attached hydrogens (primary N) is 1. The summed E-state index contributed by atoms with van der Waals surface area (Å²) in [6.07, 6.45) is 0.919. The average Bonchev–Trinajstić information content (AvgIpc) is 2.84. The van der Waals surface area contributed by atoms with Crippen molar-refractivity contribution in [2.45, 2.75) is 18.9 Å². The molecule has 2 aliphatic heterocycles. The summed E-state index contributed by atoms with van der Waals surface area (Å²) < 4.78 is 10.7. The van der Waals surface area contributed by atoms with E-state index in [-0.39, 0.29) is 25.2 Å². The van der Waals surface area contributed by atoms with E-state index in [2.05, 4.69) is 4.90 Å². The molecule has 20 heavy (non-hydrogen) atoms. The smallest absolute Gasteiger partial charge is 0.303 e. The lowest BCUT2D eigenvalue weighted by atomic mass is 9.91. The molecule has 0 spiro atoms. The van der Waals surface area contributed by atoms with Crippen LogP contribution in [0.3, 0.4) is 0 Å². The molecule has 2 unspecified atom stereocenters. The van der Waals surface area contributed by atoms with Crippen LogP contribution < -0.4 is 20.1 Å². The average molecular weight is 278 g/mol. The largest absolute Gasteiger partial charge is 0.481 e. The lowest BCUT2D eigenvalue weighted by molar-refractivity contribution is -0.138. The maximum absolute atomic E-state index is 10.9. The molecule has 2 heterocycles. The number of fused-ring (bicyclic) bond motifs is 1. The van der Waals surface area contributed by atoms with Gasteiger partial charge < -0.3 is 25.2 Å². The summed E-state index contributed by atoms with van der Waals surface area (Å²) in [6, 6.07) is 5.77. The third-order valence-electron chi connectivity index (χ3n) is 3.75. The molecule has 1 saturated heterocycles. The zero-order valence-corrected chi connectivity index (χ0v) is 11.1. The number of aliphatic carboxylic acids is 1. The van der Waals surface area contributed by atoms with Crippen molar-refractivity contribution in [1.29, 1.82) is 0 Å². The number of rotatable bonds is 3. The van der Waals surface area contributed by atoms with Crippen molar-refractivity contribution in [1.82, 2.24) is 0 Å². The van der Waals surface area contributed by atoms with Crippen molar-refractivity contribution < 1.29 is 19.4 Å². The summed E-state index contributed by atoms with van der Waals surface area (Å²) in [6.45, 7) is 1.69. The van der Waals surface area contributed by atoms with Crippen LogP contribution in [-0.4, -0.2) is 37.0 Å². The molecule has 1 fully saturated rings. The van der Waals surface area contributed by atoms with E-state index in [9.17, 15) is 4.79 Å². The molecule has 108 valence electrons. The molecule has 0 radical (unpaired) electrons. The maximum atomic E-state index is 10.9. The molecule has 6 nitrogen and oxygen atoms in total. The van der Waals surface area contributed by atoms with Gasteiger partial charge in [0.05, 0.1) is 0 Å². The normalized spacial score (nSPS) is 24.8. The molecule has 1 aromatic rings. The molecule has 0 saturated carbocycles. The molecule has 2 aliphatic rings. The number of nitrogens with zero attached hydrogens (tertiary/aromatic N) is 1. The zero-order chi connectivity index (χ0) is 14.1. The Morgan fingerprint density at radius 3 is 2.95 bits per heavy atom. The molecule has 3 N–H and O–H groups in total. The standard InChI is InChI=1S/C14H18N2O4/c15-10-3-9(4-14(17)18)6-16(7-10)11-1-2-12-13(5-11)20-8-19-12/h1-2,5,9-10H,3-4,6-8,15H2,(H,17,18). The minimum absolute atomic E-state index is 0.00137. The molecule has 2 atom stereocenters. The number of anilines is 1. The Hall–Kier alpha value is -1.95. The summed E-state index contributed by atoms with van der Waals surface area (Å²) in [5.74, 6) is 0.796. The second kappa shape index (κ2) is 5.20. The minimum atomic E-state index is -0.769. The van der Waals surface area contributed by atoms with Crippen LogP contribution in [0.15, 0.2) is 18.2 Å². The van der Waals surface area contributed by atoms with Crippen molar-refractivity contribution in [2.24, 2.45) is 11.7 Å². The van der Waals surface area contributed by atoms with Gasteiger partial charge in [0.25, 0.3) is 0 Å². The Morgan fingerprint density at radius 2 is 2.15 bits per heavy atom. The Bertz CT molecular complexity index is 520. The van der Waals surface area contributed by atoms with Gasteiger partial charge in [0.15, 0.2) is 11.5 Å². The first-order chi connectivity index (χ1) is 9.61. The van der Waals surface area contributed by atoms with Gasteiger partial charge in [0.1, 0.15) is 0 Å². The van der Waals surface area contributed by atoms with Crippen LogP contribution in [0.1, 0.15) is 12.8 Å². The topological polar surface area (TPSA) is 85.0 Å². The van der Waals surface area contributed by atoms with Gasteiger partial charge in [-0.05, 0) is 24.5 Å². The highest BCUT2D eigenvalue weighted by Gasteiger charge is 2.27. The fourth-order valence-corrected chi connectivity index (χ4v) is 2.93. The van der Waals surface area contributed by atoms with Gasteiger partial charge in [-0.3, -0.25) is 4.79 Å². The number of carbonyl (C=O) groups is 1.